The van der Waals surface area contributed by atoms with Crippen LogP contribution in [-0.4, -0.2) is 67.9 Å². The molecule has 0 radical (unpaired) electrons. The zero-order chi connectivity index (χ0) is 18.2. The van der Waals surface area contributed by atoms with Crippen LogP contribution in [0.15, 0.2) is 36.9 Å². The average Bonchev–Trinajstić information content (AvgIpc) is 2.62. The van der Waals surface area contributed by atoms with Crippen LogP contribution in [0.1, 0.15) is 11.6 Å². The Morgan fingerprint density at radius 3 is 2.36 bits per heavy atom. The fourth-order valence-corrected chi connectivity index (χ4v) is 2.79. The maximum absolute atomic E-state index is 13.2. The van der Waals surface area contributed by atoms with E-state index in [1.54, 1.807) is 12.1 Å². The highest BCUT2D eigenvalue weighted by Crippen LogP contribution is 2.22. The third-order valence-electron chi connectivity index (χ3n) is 4.30. The van der Waals surface area contributed by atoms with Crippen molar-refractivity contribution in [3.05, 3.63) is 48.3 Å². The summed E-state index contributed by atoms with van der Waals surface area (Å²) in [4.78, 5) is 28.1. The van der Waals surface area contributed by atoms with Gasteiger partial charge < -0.3 is 15.5 Å². The minimum absolute atomic E-state index is 0.106. The number of hydrogen-bond acceptors (Lipinski definition) is 4. The number of likely N-dealkylation sites (N-methyl/N-ethyl adjacent to an activating group) is 1. The lowest BCUT2D eigenvalue weighted by Gasteiger charge is -2.38. The van der Waals surface area contributed by atoms with Crippen molar-refractivity contribution in [2.45, 2.75) is 6.04 Å². The van der Waals surface area contributed by atoms with E-state index in [4.69, 9.17) is 0 Å². The molecule has 1 saturated heterocycles. The summed E-state index contributed by atoms with van der Waals surface area (Å²) in [6.45, 7) is 7.55. The number of carbonyl (C=O) groups excluding carboxylic acids is 2. The van der Waals surface area contributed by atoms with Gasteiger partial charge in [-0.15, -0.1) is 6.58 Å². The Hall–Kier alpha value is -2.25. The molecular weight excluding hydrogens is 323 g/mol. The van der Waals surface area contributed by atoms with Gasteiger partial charge in [0.25, 0.3) is 0 Å². The van der Waals surface area contributed by atoms with E-state index < -0.39 is 11.8 Å². The van der Waals surface area contributed by atoms with Gasteiger partial charge in [-0.3, -0.25) is 14.5 Å². The molecule has 1 fully saturated rings. The van der Waals surface area contributed by atoms with Crippen molar-refractivity contribution < 1.29 is 14.0 Å². The van der Waals surface area contributed by atoms with Gasteiger partial charge in [-0.1, -0.05) is 18.2 Å². The number of amides is 2. The molecule has 25 heavy (non-hydrogen) atoms. The Labute approximate surface area is 147 Å². The highest BCUT2D eigenvalue weighted by molar-refractivity contribution is 6.35. The van der Waals surface area contributed by atoms with Gasteiger partial charge in [0.2, 0.25) is 0 Å². The number of piperazine rings is 1. The molecule has 0 aliphatic carbocycles. The summed E-state index contributed by atoms with van der Waals surface area (Å²) in [6.07, 6.45) is 1.51. The number of benzene rings is 1. The first kappa shape index (κ1) is 19.1. The van der Waals surface area contributed by atoms with Crippen LogP contribution in [0, 0.1) is 5.82 Å². The summed E-state index contributed by atoms with van der Waals surface area (Å²) in [6, 6.07) is 6.17. The van der Waals surface area contributed by atoms with E-state index in [-0.39, 0.29) is 24.9 Å². The molecule has 1 aliphatic rings. The second-order valence-electron chi connectivity index (χ2n) is 6.12. The second-order valence-corrected chi connectivity index (χ2v) is 6.12. The topological polar surface area (TPSA) is 64.7 Å². The first-order valence-electron chi connectivity index (χ1n) is 8.36. The van der Waals surface area contributed by atoms with Crippen LogP contribution in [-0.2, 0) is 9.59 Å². The first-order valence-corrected chi connectivity index (χ1v) is 8.36. The molecule has 0 saturated carbocycles. The lowest BCUT2D eigenvalue weighted by atomic mass is 10.0. The van der Waals surface area contributed by atoms with Gasteiger partial charge in [-0.25, -0.2) is 4.39 Å². The van der Waals surface area contributed by atoms with Crippen molar-refractivity contribution in [1.82, 2.24) is 20.4 Å². The number of nitrogens with one attached hydrogen (secondary N) is 2. The zero-order valence-electron chi connectivity index (χ0n) is 14.5. The van der Waals surface area contributed by atoms with Crippen molar-refractivity contribution in [3.63, 3.8) is 0 Å². The summed E-state index contributed by atoms with van der Waals surface area (Å²) in [5, 5.41) is 5.13. The fraction of sp³-hybridized carbons (Fsp3) is 0.444. The normalized spacial score (nSPS) is 16.9. The lowest BCUT2D eigenvalue weighted by Crippen LogP contribution is -2.49. The molecule has 136 valence electrons. The Bertz CT molecular complexity index is 598. The van der Waals surface area contributed by atoms with Gasteiger partial charge in [-0.05, 0) is 24.7 Å². The van der Waals surface area contributed by atoms with Crippen molar-refractivity contribution >= 4 is 11.8 Å². The molecule has 1 aromatic carbocycles. The summed E-state index contributed by atoms with van der Waals surface area (Å²) >= 11 is 0. The SMILES string of the molecule is C=CCNC(=O)C(=O)NC[C@H](c1ccc(F)cc1)N1CCN(C)CC1. The Kier molecular flexibility index (Phi) is 7.09. The number of rotatable bonds is 6. The van der Waals surface area contributed by atoms with E-state index in [0.29, 0.717) is 0 Å². The Morgan fingerprint density at radius 1 is 1.16 bits per heavy atom. The second kappa shape index (κ2) is 9.29. The van der Waals surface area contributed by atoms with Gasteiger partial charge in [0.15, 0.2) is 0 Å². The van der Waals surface area contributed by atoms with E-state index in [1.807, 2.05) is 0 Å². The molecule has 0 bridgehead atoms. The standard InChI is InChI=1S/C18H25FN4O2/c1-3-8-20-17(24)18(25)21-13-16(14-4-6-15(19)7-5-14)23-11-9-22(2)10-12-23/h3-7,16H,1,8-13H2,2H3,(H,20,24)(H,21,25)/t16-/m1/s1. The van der Waals surface area contributed by atoms with E-state index in [9.17, 15) is 14.0 Å². The maximum atomic E-state index is 13.2. The van der Waals surface area contributed by atoms with Crippen LogP contribution >= 0.6 is 0 Å². The predicted octanol–water partition coefficient (Wildman–Crippen LogP) is 0.533. The predicted molar refractivity (Wildman–Crippen MR) is 94.4 cm³/mol. The minimum Gasteiger partial charge on any atom is -0.346 e. The molecule has 2 rings (SSSR count). The van der Waals surface area contributed by atoms with Crippen LogP contribution in [0.3, 0.4) is 0 Å². The number of nitrogens with zero attached hydrogens (tertiary/aromatic N) is 2. The molecule has 1 aliphatic heterocycles. The monoisotopic (exact) mass is 348 g/mol. The van der Waals surface area contributed by atoms with Crippen LogP contribution in [0.2, 0.25) is 0 Å². The number of halogens is 1. The third-order valence-corrected chi connectivity index (χ3v) is 4.30. The molecule has 6 nitrogen and oxygen atoms in total. The smallest absolute Gasteiger partial charge is 0.309 e. The van der Waals surface area contributed by atoms with Crippen molar-refractivity contribution in [3.8, 4) is 0 Å². The van der Waals surface area contributed by atoms with E-state index in [1.165, 1.54) is 18.2 Å². The van der Waals surface area contributed by atoms with Crippen LogP contribution in [0.4, 0.5) is 4.39 Å². The maximum Gasteiger partial charge on any atom is 0.309 e. The molecule has 0 unspecified atom stereocenters. The average molecular weight is 348 g/mol. The summed E-state index contributed by atoms with van der Waals surface area (Å²) in [7, 11) is 2.07. The molecule has 1 heterocycles. The van der Waals surface area contributed by atoms with E-state index in [2.05, 4.69) is 34.1 Å². The van der Waals surface area contributed by atoms with Gasteiger partial charge in [0.05, 0.1) is 6.04 Å². The summed E-state index contributed by atoms with van der Waals surface area (Å²) < 4.78 is 13.2. The third kappa shape index (κ3) is 5.65. The van der Waals surface area contributed by atoms with E-state index in [0.717, 1.165) is 31.7 Å². The zero-order valence-corrected chi connectivity index (χ0v) is 14.5. The summed E-state index contributed by atoms with van der Waals surface area (Å²) in [5.41, 5.74) is 0.915. The largest absolute Gasteiger partial charge is 0.346 e. The van der Waals surface area contributed by atoms with Crippen LogP contribution < -0.4 is 10.6 Å². The Morgan fingerprint density at radius 2 is 1.76 bits per heavy atom. The van der Waals surface area contributed by atoms with E-state index >= 15 is 0 Å². The van der Waals surface area contributed by atoms with Gasteiger partial charge in [-0.2, -0.15) is 0 Å². The number of carbonyl (C=O) groups is 2. The molecule has 1 atom stereocenters. The van der Waals surface area contributed by atoms with Crippen molar-refractivity contribution in [2.24, 2.45) is 0 Å². The van der Waals surface area contributed by atoms with Gasteiger partial charge in [0, 0.05) is 39.3 Å². The molecule has 2 N–H and O–H groups in total. The van der Waals surface area contributed by atoms with Gasteiger partial charge >= 0.3 is 11.8 Å². The molecule has 2 amide bonds. The van der Waals surface area contributed by atoms with Crippen LogP contribution in [0.5, 0.6) is 0 Å². The minimum atomic E-state index is -0.684. The number of hydrogen-bond donors (Lipinski definition) is 2. The molecular formula is C18H25FN4O2. The highest BCUT2D eigenvalue weighted by Gasteiger charge is 2.25. The quantitative estimate of drug-likeness (QED) is 0.582. The van der Waals surface area contributed by atoms with Crippen LogP contribution in [0.25, 0.3) is 0 Å². The lowest BCUT2D eigenvalue weighted by molar-refractivity contribution is -0.139. The van der Waals surface area contributed by atoms with Crippen molar-refractivity contribution in [2.75, 3.05) is 46.3 Å². The van der Waals surface area contributed by atoms with Gasteiger partial charge in [0.1, 0.15) is 5.82 Å². The molecule has 0 aromatic heterocycles. The highest BCUT2D eigenvalue weighted by atomic mass is 19.1. The molecule has 7 heteroatoms. The fourth-order valence-electron chi connectivity index (χ4n) is 2.79. The molecule has 1 aromatic rings. The molecule has 0 spiro atoms. The Balaban J connectivity index is 2.04. The van der Waals surface area contributed by atoms with Crippen molar-refractivity contribution in [1.29, 1.82) is 0 Å². The first-order chi connectivity index (χ1) is 12.0. The summed E-state index contributed by atoms with van der Waals surface area (Å²) in [5.74, 6) is -1.66.